The summed E-state index contributed by atoms with van der Waals surface area (Å²) in [5.41, 5.74) is 0. The van der Waals surface area contributed by atoms with E-state index in [1.54, 1.807) is 6.33 Å². The summed E-state index contributed by atoms with van der Waals surface area (Å²) in [6.45, 7) is 6.23. The van der Waals surface area contributed by atoms with E-state index >= 15 is 0 Å². The first-order valence-corrected chi connectivity index (χ1v) is 6.94. The van der Waals surface area contributed by atoms with E-state index in [0.29, 0.717) is 18.1 Å². The molecular formula is C13H24N4O. The molecule has 0 aliphatic carbocycles. The highest BCUT2D eigenvalue weighted by Crippen LogP contribution is 2.27. The van der Waals surface area contributed by atoms with Crippen LogP contribution in [-0.2, 0) is 18.2 Å². The van der Waals surface area contributed by atoms with Gasteiger partial charge in [-0.25, -0.2) is 4.98 Å². The number of aryl methyl sites for hydroxylation is 1. The van der Waals surface area contributed by atoms with E-state index in [-0.39, 0.29) is 0 Å². The van der Waals surface area contributed by atoms with Crippen LogP contribution in [0.15, 0.2) is 6.33 Å². The van der Waals surface area contributed by atoms with Crippen molar-refractivity contribution in [1.29, 1.82) is 0 Å². The van der Waals surface area contributed by atoms with E-state index in [4.69, 9.17) is 4.74 Å². The van der Waals surface area contributed by atoms with Gasteiger partial charge >= 0.3 is 0 Å². The Labute approximate surface area is 109 Å². The van der Waals surface area contributed by atoms with Gasteiger partial charge in [0.1, 0.15) is 12.2 Å². The topological polar surface area (TPSA) is 52.0 Å². The third-order valence-electron chi connectivity index (χ3n) is 3.85. The fourth-order valence-electron chi connectivity index (χ4n) is 2.88. The van der Waals surface area contributed by atoms with Gasteiger partial charge in [-0.1, -0.05) is 13.8 Å². The van der Waals surface area contributed by atoms with Crippen molar-refractivity contribution >= 4 is 0 Å². The molecule has 3 atom stereocenters. The summed E-state index contributed by atoms with van der Waals surface area (Å²) in [4.78, 5) is 4.33. The standard InChI is InChI=1S/C13H24N4O/c1-4-12-10(6-7-18-12)11(14-5-2)8-13-15-9-16-17(13)3/h9-12,14H,4-8H2,1-3H3. The first kappa shape index (κ1) is 13.5. The summed E-state index contributed by atoms with van der Waals surface area (Å²) >= 11 is 0. The Morgan fingerprint density at radius 2 is 2.39 bits per heavy atom. The minimum atomic E-state index is 0.391. The number of likely N-dealkylation sites (N-methyl/N-ethyl adjacent to an activating group) is 1. The molecular weight excluding hydrogens is 228 g/mol. The third-order valence-corrected chi connectivity index (χ3v) is 3.85. The van der Waals surface area contributed by atoms with Gasteiger partial charge in [0.15, 0.2) is 0 Å². The Kier molecular flexibility index (Phi) is 4.72. The molecule has 1 aliphatic heterocycles. The first-order chi connectivity index (χ1) is 8.76. The summed E-state index contributed by atoms with van der Waals surface area (Å²) in [7, 11) is 1.95. The van der Waals surface area contributed by atoms with Crippen molar-refractivity contribution < 1.29 is 4.74 Å². The predicted molar refractivity (Wildman–Crippen MR) is 70.3 cm³/mol. The predicted octanol–water partition coefficient (Wildman–Crippen LogP) is 1.15. The van der Waals surface area contributed by atoms with Gasteiger partial charge in [0, 0.05) is 32.0 Å². The molecule has 0 saturated carbocycles. The van der Waals surface area contributed by atoms with Crippen molar-refractivity contribution in [2.45, 2.75) is 45.3 Å². The monoisotopic (exact) mass is 252 g/mol. The van der Waals surface area contributed by atoms with Gasteiger partial charge < -0.3 is 10.1 Å². The van der Waals surface area contributed by atoms with Gasteiger partial charge in [0.2, 0.25) is 0 Å². The highest BCUT2D eigenvalue weighted by molar-refractivity contribution is 4.94. The maximum absolute atomic E-state index is 5.81. The van der Waals surface area contributed by atoms with Crippen LogP contribution in [0.2, 0.25) is 0 Å². The van der Waals surface area contributed by atoms with Crippen LogP contribution >= 0.6 is 0 Å². The molecule has 18 heavy (non-hydrogen) atoms. The highest BCUT2D eigenvalue weighted by atomic mass is 16.5. The Balaban J connectivity index is 2.05. The van der Waals surface area contributed by atoms with E-state index < -0.39 is 0 Å². The van der Waals surface area contributed by atoms with Crippen LogP contribution in [-0.4, -0.2) is 40.1 Å². The summed E-state index contributed by atoms with van der Waals surface area (Å²) in [6, 6.07) is 0.436. The molecule has 1 saturated heterocycles. The smallest absolute Gasteiger partial charge is 0.138 e. The van der Waals surface area contributed by atoms with Gasteiger partial charge in [-0.3, -0.25) is 4.68 Å². The maximum Gasteiger partial charge on any atom is 0.138 e. The molecule has 2 heterocycles. The summed E-state index contributed by atoms with van der Waals surface area (Å²) < 4.78 is 7.67. The van der Waals surface area contributed by atoms with Crippen molar-refractivity contribution in [3.05, 3.63) is 12.2 Å². The number of nitrogens with one attached hydrogen (secondary N) is 1. The minimum absolute atomic E-state index is 0.391. The fourth-order valence-corrected chi connectivity index (χ4v) is 2.88. The molecule has 0 aromatic carbocycles. The Morgan fingerprint density at radius 3 is 3.00 bits per heavy atom. The summed E-state index contributed by atoms with van der Waals surface area (Å²) in [5.74, 6) is 1.63. The van der Waals surface area contributed by atoms with E-state index in [2.05, 4.69) is 29.2 Å². The zero-order valence-corrected chi connectivity index (χ0v) is 11.6. The average molecular weight is 252 g/mol. The van der Waals surface area contributed by atoms with Gasteiger partial charge in [-0.05, 0) is 19.4 Å². The third kappa shape index (κ3) is 2.90. The van der Waals surface area contributed by atoms with Crippen LogP contribution in [0.25, 0.3) is 0 Å². The van der Waals surface area contributed by atoms with Crippen LogP contribution in [0.5, 0.6) is 0 Å². The summed E-state index contributed by atoms with van der Waals surface area (Å²) in [5, 5.41) is 7.74. The number of ether oxygens (including phenoxy) is 1. The quantitative estimate of drug-likeness (QED) is 0.825. The van der Waals surface area contributed by atoms with Crippen LogP contribution < -0.4 is 5.32 Å². The molecule has 1 aliphatic rings. The molecule has 0 bridgehead atoms. The lowest BCUT2D eigenvalue weighted by atomic mass is 9.89. The van der Waals surface area contributed by atoms with Crippen LogP contribution in [0, 0.1) is 5.92 Å². The number of hydrogen-bond acceptors (Lipinski definition) is 4. The number of rotatable bonds is 6. The Hall–Kier alpha value is -0.940. The van der Waals surface area contributed by atoms with Crippen molar-refractivity contribution in [2.75, 3.05) is 13.2 Å². The molecule has 102 valence electrons. The molecule has 1 N–H and O–H groups in total. The second-order valence-corrected chi connectivity index (χ2v) is 4.94. The lowest BCUT2D eigenvalue weighted by Crippen LogP contribution is -2.42. The lowest BCUT2D eigenvalue weighted by molar-refractivity contribution is 0.0773. The van der Waals surface area contributed by atoms with Crippen molar-refractivity contribution in [1.82, 2.24) is 20.1 Å². The Bertz CT molecular complexity index is 366. The second-order valence-electron chi connectivity index (χ2n) is 4.94. The van der Waals surface area contributed by atoms with Gasteiger partial charge in [-0.2, -0.15) is 5.10 Å². The van der Waals surface area contributed by atoms with Crippen molar-refractivity contribution in [3.63, 3.8) is 0 Å². The molecule has 1 aromatic rings. The Morgan fingerprint density at radius 1 is 1.56 bits per heavy atom. The zero-order chi connectivity index (χ0) is 13.0. The zero-order valence-electron chi connectivity index (χ0n) is 11.6. The molecule has 2 rings (SSSR count). The van der Waals surface area contributed by atoms with Crippen LogP contribution in [0.3, 0.4) is 0 Å². The molecule has 1 fully saturated rings. The van der Waals surface area contributed by atoms with E-state index in [9.17, 15) is 0 Å². The lowest BCUT2D eigenvalue weighted by Gasteiger charge is -2.27. The molecule has 0 spiro atoms. The molecule has 0 radical (unpaired) electrons. The van der Waals surface area contributed by atoms with E-state index in [1.807, 2.05) is 11.7 Å². The number of aromatic nitrogens is 3. The summed E-state index contributed by atoms with van der Waals surface area (Å²) in [6.07, 6.45) is 5.18. The maximum atomic E-state index is 5.81. The van der Waals surface area contributed by atoms with Crippen molar-refractivity contribution in [2.24, 2.45) is 13.0 Å². The van der Waals surface area contributed by atoms with Crippen molar-refractivity contribution in [3.8, 4) is 0 Å². The van der Waals surface area contributed by atoms with Crippen LogP contribution in [0.4, 0.5) is 0 Å². The largest absolute Gasteiger partial charge is 0.378 e. The highest BCUT2D eigenvalue weighted by Gasteiger charge is 2.33. The fraction of sp³-hybridized carbons (Fsp3) is 0.846. The number of nitrogens with zero attached hydrogens (tertiary/aromatic N) is 3. The van der Waals surface area contributed by atoms with E-state index in [1.165, 1.54) is 0 Å². The van der Waals surface area contributed by atoms with Crippen LogP contribution in [0.1, 0.15) is 32.5 Å². The molecule has 5 nitrogen and oxygen atoms in total. The van der Waals surface area contributed by atoms with Gasteiger partial charge in [-0.15, -0.1) is 0 Å². The number of hydrogen-bond donors (Lipinski definition) is 1. The second kappa shape index (κ2) is 6.29. The van der Waals surface area contributed by atoms with Gasteiger partial charge in [0.05, 0.1) is 6.10 Å². The molecule has 1 aromatic heterocycles. The molecule has 5 heteroatoms. The van der Waals surface area contributed by atoms with Gasteiger partial charge in [0.25, 0.3) is 0 Å². The average Bonchev–Trinajstić information content (AvgIpc) is 2.98. The molecule has 0 amide bonds. The first-order valence-electron chi connectivity index (χ1n) is 6.94. The normalized spacial score (nSPS) is 25.5. The van der Waals surface area contributed by atoms with E-state index in [0.717, 1.165) is 38.2 Å². The SMILES string of the molecule is CCNC(Cc1ncnn1C)C1CCOC1CC. The minimum Gasteiger partial charge on any atom is -0.378 e. The molecule has 3 unspecified atom stereocenters.